The largest absolute Gasteiger partial charge is 0.497 e. The van der Waals surface area contributed by atoms with E-state index < -0.39 is 8.32 Å². The molecule has 1 saturated heterocycles. The number of rotatable bonds is 6. The lowest BCUT2D eigenvalue weighted by molar-refractivity contribution is -0.0323. The van der Waals surface area contributed by atoms with Crippen LogP contribution in [-0.2, 0) is 9.16 Å². The molecule has 0 radical (unpaired) electrons. The Morgan fingerprint density at radius 2 is 1.80 bits per heavy atom. The molecule has 0 unspecified atom stereocenters. The fraction of sp³-hybridized carbons (Fsp3) is 0.650. The molecule has 3 atom stereocenters. The maximum Gasteiger partial charge on any atom is 0.195 e. The standard InChI is InChI=1S/C20H33NO3Si/c1-9-17-18(14(2)24-25(7,8)20(3,4)5)23-19(17)21-15-10-12-16(22-6)13-11-15/h10-14,17-18H,9H2,1-8H3/t14-,17+,18+/m0/s1. The van der Waals surface area contributed by atoms with Gasteiger partial charge in [-0.3, -0.25) is 0 Å². The zero-order chi connectivity index (χ0) is 18.8. The molecule has 0 N–H and O–H groups in total. The van der Waals surface area contributed by atoms with Crippen molar-refractivity contribution in [1.82, 2.24) is 0 Å². The third kappa shape index (κ3) is 4.45. The summed E-state index contributed by atoms with van der Waals surface area (Å²) in [5, 5.41) is 0.201. The van der Waals surface area contributed by atoms with Gasteiger partial charge in [-0.2, -0.15) is 0 Å². The van der Waals surface area contributed by atoms with Crippen molar-refractivity contribution in [2.45, 2.75) is 71.4 Å². The summed E-state index contributed by atoms with van der Waals surface area (Å²) < 4.78 is 17.7. The molecule has 0 spiro atoms. The topological polar surface area (TPSA) is 40.0 Å². The Hall–Kier alpha value is -1.33. The predicted octanol–water partition coefficient (Wildman–Crippen LogP) is 5.56. The van der Waals surface area contributed by atoms with Gasteiger partial charge in [0.15, 0.2) is 14.2 Å². The van der Waals surface area contributed by atoms with E-state index in [2.05, 4.69) is 52.7 Å². The highest BCUT2D eigenvalue weighted by atomic mass is 28.4. The van der Waals surface area contributed by atoms with E-state index >= 15 is 0 Å². The van der Waals surface area contributed by atoms with Gasteiger partial charge in [0, 0.05) is 0 Å². The first kappa shape index (κ1) is 20.0. The van der Waals surface area contributed by atoms with Crippen LogP contribution in [0.5, 0.6) is 5.75 Å². The molecule has 1 aliphatic heterocycles. The van der Waals surface area contributed by atoms with Gasteiger partial charge in [0.2, 0.25) is 0 Å². The summed E-state index contributed by atoms with van der Waals surface area (Å²) in [7, 11) is -0.132. The molecule has 5 heteroatoms. The minimum atomic E-state index is -1.80. The SMILES string of the molecule is CC[C@H]1C(=Nc2ccc(OC)cc2)O[C@@H]1[C@H](C)O[Si](C)(C)C(C)(C)C. The molecule has 1 heterocycles. The maximum absolute atomic E-state index is 6.51. The van der Waals surface area contributed by atoms with Crippen LogP contribution >= 0.6 is 0 Å². The minimum Gasteiger partial charge on any atom is -0.497 e. The van der Waals surface area contributed by atoms with Crippen LogP contribution in [-0.4, -0.2) is 33.5 Å². The fourth-order valence-corrected chi connectivity index (χ4v) is 4.23. The van der Waals surface area contributed by atoms with Crippen molar-refractivity contribution < 1.29 is 13.9 Å². The van der Waals surface area contributed by atoms with Crippen LogP contribution in [0.2, 0.25) is 18.1 Å². The van der Waals surface area contributed by atoms with Crippen molar-refractivity contribution in [3.63, 3.8) is 0 Å². The predicted molar refractivity (Wildman–Crippen MR) is 106 cm³/mol. The van der Waals surface area contributed by atoms with Crippen molar-refractivity contribution in [1.29, 1.82) is 0 Å². The summed E-state index contributed by atoms with van der Waals surface area (Å²) in [6, 6.07) is 7.73. The number of nitrogens with zero attached hydrogens (tertiary/aromatic N) is 1. The molecule has 0 amide bonds. The average Bonchev–Trinajstić information content (AvgIpc) is 2.50. The van der Waals surface area contributed by atoms with Gasteiger partial charge in [-0.1, -0.05) is 27.7 Å². The lowest BCUT2D eigenvalue weighted by atomic mass is 9.90. The van der Waals surface area contributed by atoms with Gasteiger partial charge in [-0.05, 0) is 55.7 Å². The lowest BCUT2D eigenvalue weighted by Gasteiger charge is -2.46. The van der Waals surface area contributed by atoms with Gasteiger partial charge in [0.25, 0.3) is 0 Å². The monoisotopic (exact) mass is 363 g/mol. The van der Waals surface area contributed by atoms with E-state index in [9.17, 15) is 0 Å². The second-order valence-corrected chi connectivity index (χ2v) is 13.1. The first-order valence-corrected chi connectivity index (χ1v) is 12.1. The molecular weight excluding hydrogens is 330 g/mol. The zero-order valence-corrected chi connectivity index (χ0v) is 17.9. The van der Waals surface area contributed by atoms with Gasteiger partial charge in [-0.25, -0.2) is 4.99 Å². The van der Waals surface area contributed by atoms with E-state index in [-0.39, 0.29) is 17.2 Å². The van der Waals surface area contributed by atoms with Gasteiger partial charge < -0.3 is 13.9 Å². The number of hydrogen-bond donors (Lipinski definition) is 0. The van der Waals surface area contributed by atoms with Gasteiger partial charge in [0.05, 0.1) is 24.8 Å². The smallest absolute Gasteiger partial charge is 0.195 e. The summed E-state index contributed by atoms with van der Waals surface area (Å²) in [5.41, 5.74) is 0.894. The molecular formula is C20H33NO3Si. The molecule has 4 nitrogen and oxygen atoms in total. The Balaban J connectivity index is 2.05. The molecule has 1 aromatic rings. The van der Waals surface area contributed by atoms with E-state index in [1.165, 1.54) is 0 Å². The van der Waals surface area contributed by atoms with E-state index in [0.717, 1.165) is 23.8 Å². The van der Waals surface area contributed by atoms with Crippen molar-refractivity contribution >= 4 is 19.9 Å². The van der Waals surface area contributed by atoms with Crippen molar-refractivity contribution in [3.05, 3.63) is 24.3 Å². The molecule has 25 heavy (non-hydrogen) atoms. The summed E-state index contributed by atoms with van der Waals surface area (Å²) >= 11 is 0. The number of aliphatic imine (C=N–C) groups is 1. The zero-order valence-electron chi connectivity index (χ0n) is 16.9. The molecule has 0 aromatic heterocycles. The van der Waals surface area contributed by atoms with Crippen molar-refractivity contribution in [3.8, 4) is 5.75 Å². The van der Waals surface area contributed by atoms with E-state index in [4.69, 9.17) is 13.9 Å². The number of benzene rings is 1. The highest BCUT2D eigenvalue weighted by Gasteiger charge is 2.46. The van der Waals surface area contributed by atoms with Crippen LogP contribution < -0.4 is 4.74 Å². The Kier molecular flexibility index (Phi) is 6.00. The Morgan fingerprint density at radius 3 is 2.28 bits per heavy atom. The molecule has 1 aliphatic rings. The third-order valence-corrected chi connectivity index (χ3v) is 10.0. The van der Waals surface area contributed by atoms with Gasteiger partial charge in [-0.15, -0.1) is 0 Å². The van der Waals surface area contributed by atoms with Crippen LogP contribution in [0, 0.1) is 5.92 Å². The van der Waals surface area contributed by atoms with E-state index in [1.54, 1.807) is 7.11 Å². The lowest BCUT2D eigenvalue weighted by Crippen LogP contribution is -2.55. The van der Waals surface area contributed by atoms with Crippen molar-refractivity contribution in [2.24, 2.45) is 10.9 Å². The summed E-state index contributed by atoms with van der Waals surface area (Å²) in [5.74, 6) is 1.98. The molecule has 140 valence electrons. The summed E-state index contributed by atoms with van der Waals surface area (Å²) in [6.07, 6.45) is 1.18. The third-order valence-electron chi connectivity index (χ3n) is 5.47. The normalized spacial score (nSPS) is 23.8. The quantitative estimate of drug-likeness (QED) is 0.621. The molecule has 1 fully saturated rings. The molecule has 0 saturated carbocycles. The Bertz CT molecular complexity index is 604. The van der Waals surface area contributed by atoms with Crippen LogP contribution in [0.4, 0.5) is 5.69 Å². The average molecular weight is 364 g/mol. The first-order chi connectivity index (χ1) is 11.6. The number of ether oxygens (including phenoxy) is 2. The first-order valence-electron chi connectivity index (χ1n) is 9.16. The van der Waals surface area contributed by atoms with Crippen molar-refractivity contribution in [2.75, 3.05) is 7.11 Å². The molecule has 0 aliphatic carbocycles. The second kappa shape index (κ2) is 7.50. The maximum atomic E-state index is 6.51. The number of methoxy groups -OCH3 is 1. The van der Waals surface area contributed by atoms with Crippen LogP contribution in [0.3, 0.4) is 0 Å². The number of hydrogen-bond acceptors (Lipinski definition) is 4. The van der Waals surface area contributed by atoms with Crippen LogP contribution in [0.25, 0.3) is 0 Å². The Labute approximate surface area is 153 Å². The highest BCUT2D eigenvalue weighted by Crippen LogP contribution is 2.40. The molecule has 0 bridgehead atoms. The highest BCUT2D eigenvalue weighted by molar-refractivity contribution is 6.74. The van der Waals surface area contributed by atoms with Crippen LogP contribution in [0.1, 0.15) is 41.0 Å². The Morgan fingerprint density at radius 1 is 1.20 bits per heavy atom. The molecule has 1 aromatic carbocycles. The van der Waals surface area contributed by atoms with E-state index in [1.807, 2.05) is 24.3 Å². The molecule has 2 rings (SSSR count). The fourth-order valence-electron chi connectivity index (χ4n) is 2.81. The van der Waals surface area contributed by atoms with Gasteiger partial charge in [0.1, 0.15) is 11.9 Å². The van der Waals surface area contributed by atoms with Crippen LogP contribution in [0.15, 0.2) is 29.3 Å². The van der Waals surface area contributed by atoms with Gasteiger partial charge >= 0.3 is 0 Å². The second-order valence-electron chi connectivity index (χ2n) is 8.33. The summed E-state index contributed by atoms with van der Waals surface area (Å²) in [4.78, 5) is 4.66. The van der Waals surface area contributed by atoms with E-state index in [0.29, 0.717) is 5.92 Å². The summed E-state index contributed by atoms with van der Waals surface area (Å²) in [6.45, 7) is 15.7. The minimum absolute atomic E-state index is 0.0839.